The molecule has 5 atom stereocenters. The minimum atomic E-state index is -1.28. The number of ether oxygens (including phenoxy) is 3. The van der Waals surface area contributed by atoms with E-state index in [1.807, 2.05) is 49.4 Å². The van der Waals surface area contributed by atoms with Crippen LogP contribution in [0.15, 0.2) is 60.7 Å². The molecule has 1 saturated heterocycles. The fourth-order valence-electron chi connectivity index (χ4n) is 5.79. The number of amides is 1. The fourth-order valence-corrected chi connectivity index (χ4v) is 5.99. The smallest absolute Gasteiger partial charge is 0.341 e. The Morgan fingerprint density at radius 3 is 2.58 bits per heavy atom. The Bertz CT molecular complexity index is 1550. The van der Waals surface area contributed by atoms with Gasteiger partial charge in [-0.2, -0.15) is 0 Å². The van der Waals surface area contributed by atoms with Crippen LogP contribution in [-0.4, -0.2) is 69.2 Å². The molecule has 238 valence electrons. The van der Waals surface area contributed by atoms with E-state index in [1.54, 1.807) is 23.1 Å². The summed E-state index contributed by atoms with van der Waals surface area (Å²) in [6.07, 6.45) is -0.922. The maximum absolute atomic E-state index is 13.0. The van der Waals surface area contributed by atoms with Gasteiger partial charge in [-0.05, 0) is 84.3 Å². The molecule has 3 N–H and O–H groups in total. The summed E-state index contributed by atoms with van der Waals surface area (Å²) in [5.74, 6) is -1.39. The third-order valence-electron chi connectivity index (χ3n) is 8.31. The number of esters is 1. The molecule has 0 aromatic heterocycles. The third kappa shape index (κ3) is 8.01. The second-order valence-electron chi connectivity index (χ2n) is 11.5. The van der Waals surface area contributed by atoms with Crippen LogP contribution >= 0.6 is 11.6 Å². The zero-order valence-corrected chi connectivity index (χ0v) is 25.6. The highest BCUT2D eigenvalue weighted by atomic mass is 35.5. The zero-order chi connectivity index (χ0) is 32.1. The van der Waals surface area contributed by atoms with Crippen LogP contribution in [-0.2, 0) is 32.2 Å². The van der Waals surface area contributed by atoms with Crippen LogP contribution in [0.3, 0.4) is 0 Å². The van der Waals surface area contributed by atoms with Crippen molar-refractivity contribution in [1.29, 1.82) is 0 Å². The Morgan fingerprint density at radius 1 is 1.04 bits per heavy atom. The molecule has 2 aliphatic rings. The Labute approximate surface area is 266 Å². The summed E-state index contributed by atoms with van der Waals surface area (Å²) < 4.78 is 16.8. The van der Waals surface area contributed by atoms with Crippen LogP contribution in [0.25, 0.3) is 11.1 Å². The number of halogens is 1. The zero-order valence-electron chi connectivity index (χ0n) is 24.8. The Morgan fingerprint density at radius 2 is 1.84 bits per heavy atom. The van der Waals surface area contributed by atoms with Gasteiger partial charge in [0.15, 0.2) is 6.10 Å². The Kier molecular flexibility index (Phi) is 10.4. The number of benzene rings is 3. The van der Waals surface area contributed by atoms with Crippen molar-refractivity contribution >= 4 is 29.9 Å². The highest BCUT2D eigenvalue weighted by molar-refractivity contribution is 6.33. The maximum atomic E-state index is 13.0. The van der Waals surface area contributed by atoms with Crippen molar-refractivity contribution in [2.24, 2.45) is 0 Å². The molecule has 10 nitrogen and oxygen atoms in total. The second-order valence-corrected chi connectivity index (χ2v) is 11.9. The maximum Gasteiger partial charge on any atom is 0.341 e. The number of rotatable bonds is 11. The first-order valence-corrected chi connectivity index (χ1v) is 15.3. The van der Waals surface area contributed by atoms with Gasteiger partial charge >= 0.3 is 11.9 Å². The van der Waals surface area contributed by atoms with Crippen LogP contribution in [0.1, 0.15) is 59.2 Å². The lowest BCUT2D eigenvalue weighted by Crippen LogP contribution is -2.42. The van der Waals surface area contributed by atoms with E-state index in [-0.39, 0.29) is 36.1 Å². The van der Waals surface area contributed by atoms with Crippen molar-refractivity contribution in [3.63, 3.8) is 0 Å². The molecule has 5 rings (SSSR count). The van der Waals surface area contributed by atoms with E-state index in [0.29, 0.717) is 24.3 Å². The summed E-state index contributed by atoms with van der Waals surface area (Å²) in [5.41, 5.74) is 4.42. The van der Waals surface area contributed by atoms with E-state index in [9.17, 15) is 29.7 Å². The normalized spacial score (nSPS) is 22.9. The lowest BCUT2D eigenvalue weighted by atomic mass is 10.0. The molecule has 0 spiro atoms. The Hall–Kier alpha value is -3.96. The predicted octanol–water partition coefficient (Wildman–Crippen LogP) is 4.87. The predicted molar refractivity (Wildman–Crippen MR) is 165 cm³/mol. The molecular weight excluding hydrogens is 602 g/mol. The number of aliphatic hydroxyl groups excluding tert-OH is 2. The standard InChI is InChI=1S/C34H36ClNO9/c1-20-8-10-26(13-24(20)17-36(19-37)29-6-3-7-30(29)39)43-18-21-4-2-5-22(12-21)23-9-11-28(35)27(14-23)34(42)45-32-16-25(38)15-31(44-32)33(40)41/h2,4-5,8-14,19,25,29-32,38-39H,3,6-7,15-18H2,1H3,(H,40,41). The molecular formula is C34H36ClNO9. The van der Waals surface area contributed by atoms with Crippen LogP contribution in [0.5, 0.6) is 5.75 Å². The number of hydrogen-bond acceptors (Lipinski definition) is 8. The molecule has 1 aliphatic carbocycles. The molecule has 3 aromatic carbocycles. The molecule has 0 bridgehead atoms. The number of carboxylic acids is 1. The molecule has 11 heteroatoms. The van der Waals surface area contributed by atoms with Gasteiger partial charge in [0.1, 0.15) is 12.4 Å². The highest BCUT2D eigenvalue weighted by Gasteiger charge is 2.35. The van der Waals surface area contributed by atoms with E-state index >= 15 is 0 Å². The highest BCUT2D eigenvalue weighted by Crippen LogP contribution is 2.30. The molecule has 0 radical (unpaired) electrons. The van der Waals surface area contributed by atoms with Gasteiger partial charge in [0.2, 0.25) is 12.7 Å². The van der Waals surface area contributed by atoms with Gasteiger partial charge in [-0.25, -0.2) is 9.59 Å². The summed E-state index contributed by atoms with van der Waals surface area (Å²) in [4.78, 5) is 37.8. The molecule has 1 amide bonds. The van der Waals surface area contributed by atoms with Crippen LogP contribution in [0.2, 0.25) is 5.02 Å². The number of carbonyl (C=O) groups is 3. The average molecular weight is 638 g/mol. The molecule has 3 aromatic rings. The number of aryl methyl sites for hydroxylation is 1. The molecule has 5 unspecified atom stereocenters. The first-order valence-electron chi connectivity index (χ1n) is 14.9. The summed E-state index contributed by atoms with van der Waals surface area (Å²) in [7, 11) is 0. The van der Waals surface area contributed by atoms with Crippen LogP contribution in [0.4, 0.5) is 0 Å². The van der Waals surface area contributed by atoms with E-state index in [0.717, 1.165) is 41.5 Å². The summed E-state index contributed by atoms with van der Waals surface area (Å²) >= 11 is 6.32. The lowest BCUT2D eigenvalue weighted by molar-refractivity contribution is -0.204. The first kappa shape index (κ1) is 32.4. The molecule has 1 aliphatic heterocycles. The molecule has 1 heterocycles. The second kappa shape index (κ2) is 14.4. The number of hydrogen-bond donors (Lipinski definition) is 3. The number of carbonyl (C=O) groups excluding carboxylic acids is 2. The number of nitrogens with zero attached hydrogens (tertiary/aromatic N) is 1. The van der Waals surface area contributed by atoms with Crippen molar-refractivity contribution < 1.29 is 43.9 Å². The van der Waals surface area contributed by atoms with Gasteiger partial charge in [-0.3, -0.25) is 4.79 Å². The number of aliphatic hydroxyl groups is 2. The largest absolute Gasteiger partial charge is 0.489 e. The van der Waals surface area contributed by atoms with Gasteiger partial charge in [-0.15, -0.1) is 0 Å². The molecule has 45 heavy (non-hydrogen) atoms. The van der Waals surface area contributed by atoms with Crippen molar-refractivity contribution in [1.82, 2.24) is 4.90 Å². The molecule has 1 saturated carbocycles. The van der Waals surface area contributed by atoms with Crippen LogP contribution < -0.4 is 4.74 Å². The van der Waals surface area contributed by atoms with Crippen LogP contribution in [0, 0.1) is 6.92 Å². The van der Waals surface area contributed by atoms with Gasteiger partial charge < -0.3 is 34.4 Å². The van der Waals surface area contributed by atoms with E-state index in [2.05, 4.69) is 0 Å². The van der Waals surface area contributed by atoms with E-state index in [1.165, 1.54) is 0 Å². The quantitative estimate of drug-likeness (QED) is 0.198. The fraction of sp³-hybridized carbons (Fsp3) is 0.382. The number of aliphatic carboxylic acids is 1. The lowest BCUT2D eigenvalue weighted by Gasteiger charge is -2.30. The third-order valence-corrected chi connectivity index (χ3v) is 8.64. The minimum absolute atomic E-state index is 0.0453. The van der Waals surface area contributed by atoms with Gasteiger partial charge in [-0.1, -0.05) is 41.9 Å². The van der Waals surface area contributed by atoms with Gasteiger partial charge in [0, 0.05) is 19.4 Å². The van der Waals surface area contributed by atoms with Gasteiger partial charge in [0.25, 0.3) is 0 Å². The van der Waals surface area contributed by atoms with Crippen molar-refractivity contribution in [2.75, 3.05) is 0 Å². The van der Waals surface area contributed by atoms with Crippen molar-refractivity contribution in [3.05, 3.63) is 87.9 Å². The van der Waals surface area contributed by atoms with E-state index in [4.69, 9.17) is 25.8 Å². The monoisotopic (exact) mass is 637 g/mol. The minimum Gasteiger partial charge on any atom is -0.489 e. The summed E-state index contributed by atoms with van der Waals surface area (Å²) in [5, 5.41) is 29.7. The first-order chi connectivity index (χ1) is 21.6. The van der Waals surface area contributed by atoms with Gasteiger partial charge in [0.05, 0.1) is 28.8 Å². The topological polar surface area (TPSA) is 143 Å². The SMILES string of the molecule is Cc1ccc(OCc2cccc(-c3ccc(Cl)c(C(=O)OC4CC(O)CC(C(=O)O)O4)c3)c2)cc1CN(C=O)C1CCCC1O. The summed E-state index contributed by atoms with van der Waals surface area (Å²) in [6.45, 7) is 2.63. The number of carboxylic acid groups (broad SMARTS) is 1. The summed E-state index contributed by atoms with van der Waals surface area (Å²) in [6, 6.07) is 18.1. The molecule has 2 fully saturated rings. The average Bonchev–Trinajstić information content (AvgIpc) is 3.45. The Balaban J connectivity index is 1.25. The van der Waals surface area contributed by atoms with Crippen molar-refractivity contribution in [2.45, 2.75) is 82.8 Å². The van der Waals surface area contributed by atoms with Crippen molar-refractivity contribution in [3.8, 4) is 16.9 Å². The van der Waals surface area contributed by atoms with E-state index < -0.39 is 36.5 Å².